The highest BCUT2D eigenvalue weighted by atomic mass is 32.1. The van der Waals surface area contributed by atoms with Crippen LogP contribution in [0.4, 0.5) is 0 Å². The van der Waals surface area contributed by atoms with Crippen LogP contribution < -0.4 is 0 Å². The maximum atomic E-state index is 14.4. The van der Waals surface area contributed by atoms with Crippen LogP contribution in [-0.2, 0) is 26.3 Å². The van der Waals surface area contributed by atoms with Crippen LogP contribution in [0.25, 0.3) is 0 Å². The molecular weight excluding hydrogens is 538 g/mol. The Kier molecular flexibility index (Phi) is 7.36. The number of aromatic nitrogens is 1. The number of rotatable bonds is 7. The lowest BCUT2D eigenvalue weighted by Crippen LogP contribution is -2.60. The molecule has 2 aromatic carbocycles. The number of aliphatic carboxylic acids is 1. The van der Waals surface area contributed by atoms with Crippen molar-refractivity contribution in [3.8, 4) is 0 Å². The Hall–Kier alpha value is -3.85. The quantitative estimate of drug-likeness (QED) is 0.384. The molecule has 5 rings (SSSR count). The Morgan fingerprint density at radius 2 is 1.68 bits per heavy atom. The van der Waals surface area contributed by atoms with Gasteiger partial charge in [-0.05, 0) is 41.0 Å². The Bertz CT molecular complexity index is 1460. The number of amides is 3. The van der Waals surface area contributed by atoms with Crippen LogP contribution >= 0.6 is 11.3 Å². The van der Waals surface area contributed by atoms with Crippen molar-refractivity contribution in [3.05, 3.63) is 87.9 Å². The number of hydrogen-bond donors (Lipinski definition) is 1. The molecule has 3 heterocycles. The Morgan fingerprint density at radius 3 is 2.22 bits per heavy atom. The first-order chi connectivity index (χ1) is 19.4. The third kappa shape index (κ3) is 4.76. The molecule has 214 valence electrons. The van der Waals surface area contributed by atoms with Crippen molar-refractivity contribution in [1.29, 1.82) is 0 Å². The molecule has 0 aliphatic carbocycles. The summed E-state index contributed by atoms with van der Waals surface area (Å²) in [5.41, 5.74) is 0.00996. The minimum Gasteiger partial charge on any atom is -0.479 e. The van der Waals surface area contributed by atoms with Gasteiger partial charge < -0.3 is 10.0 Å². The Labute approximate surface area is 244 Å². The van der Waals surface area contributed by atoms with Gasteiger partial charge in [0.2, 0.25) is 11.8 Å². The van der Waals surface area contributed by atoms with Crippen molar-refractivity contribution in [1.82, 2.24) is 14.8 Å². The normalized spacial score (nSPS) is 24.3. The SMILES string of the molecule is CC(C)C[C@@]1(C(=O)O)C2C(=O)N(Cc3ccccc3)C(=O)C2[C@H](c2nccs2)N1C(=O)c1ccc(C(C)(C)C)cc1. The van der Waals surface area contributed by atoms with Crippen molar-refractivity contribution >= 4 is 35.0 Å². The molecule has 3 amide bonds. The fourth-order valence-electron chi connectivity index (χ4n) is 6.43. The summed E-state index contributed by atoms with van der Waals surface area (Å²) in [6.07, 6.45) is 1.58. The summed E-state index contributed by atoms with van der Waals surface area (Å²) in [5.74, 6) is -5.36. The number of likely N-dealkylation sites (tertiary alicyclic amines) is 2. The van der Waals surface area contributed by atoms with Crippen LogP contribution in [0, 0.1) is 17.8 Å². The van der Waals surface area contributed by atoms with Gasteiger partial charge in [0.25, 0.3) is 5.91 Å². The maximum Gasteiger partial charge on any atom is 0.330 e. The molecule has 9 heteroatoms. The molecule has 41 heavy (non-hydrogen) atoms. The van der Waals surface area contributed by atoms with Crippen LogP contribution in [-0.4, -0.2) is 49.1 Å². The van der Waals surface area contributed by atoms with E-state index in [4.69, 9.17) is 0 Å². The molecule has 0 spiro atoms. The van der Waals surface area contributed by atoms with Crippen LogP contribution in [0.2, 0.25) is 0 Å². The van der Waals surface area contributed by atoms with E-state index in [2.05, 4.69) is 25.8 Å². The number of fused-ring (bicyclic) bond motifs is 1. The second kappa shape index (κ2) is 10.5. The lowest BCUT2D eigenvalue weighted by molar-refractivity contribution is -0.158. The second-order valence-corrected chi connectivity index (χ2v) is 13.3. The summed E-state index contributed by atoms with van der Waals surface area (Å²) >= 11 is 1.25. The molecule has 0 saturated carbocycles. The van der Waals surface area contributed by atoms with Crippen LogP contribution in [0.15, 0.2) is 66.2 Å². The first-order valence-electron chi connectivity index (χ1n) is 13.8. The zero-order chi connectivity index (χ0) is 29.7. The molecule has 2 aliphatic heterocycles. The highest BCUT2D eigenvalue weighted by Crippen LogP contribution is 2.58. The number of nitrogens with zero attached hydrogens (tertiary/aromatic N) is 3. The summed E-state index contributed by atoms with van der Waals surface area (Å²) in [6.45, 7) is 9.97. The predicted molar refractivity (Wildman–Crippen MR) is 155 cm³/mol. The highest BCUT2D eigenvalue weighted by molar-refractivity contribution is 7.09. The van der Waals surface area contributed by atoms with E-state index in [1.54, 1.807) is 23.7 Å². The number of carboxylic acids is 1. The predicted octanol–water partition coefficient (Wildman–Crippen LogP) is 5.31. The number of thiazole rings is 1. The molecule has 0 radical (unpaired) electrons. The molecule has 1 N–H and O–H groups in total. The zero-order valence-corrected chi connectivity index (χ0v) is 24.7. The Balaban J connectivity index is 1.68. The van der Waals surface area contributed by atoms with Gasteiger partial charge >= 0.3 is 5.97 Å². The van der Waals surface area contributed by atoms with Gasteiger partial charge in [0.1, 0.15) is 5.01 Å². The molecule has 2 aliphatic rings. The van der Waals surface area contributed by atoms with Crippen LogP contribution in [0.5, 0.6) is 0 Å². The lowest BCUT2D eigenvalue weighted by Gasteiger charge is -2.41. The number of carbonyl (C=O) groups is 4. The number of benzene rings is 2. The van der Waals surface area contributed by atoms with Gasteiger partial charge in [-0.15, -0.1) is 11.3 Å². The summed E-state index contributed by atoms with van der Waals surface area (Å²) < 4.78 is 0. The third-order valence-corrected chi connectivity index (χ3v) is 9.05. The van der Waals surface area contributed by atoms with E-state index in [0.717, 1.165) is 11.1 Å². The van der Waals surface area contributed by atoms with Crippen LogP contribution in [0.1, 0.15) is 73.6 Å². The van der Waals surface area contributed by atoms with Crippen molar-refractivity contribution in [3.63, 3.8) is 0 Å². The topological polar surface area (TPSA) is 108 Å². The standard InChI is InChI=1S/C32H35N3O5S/c1-19(2)17-32(30(39)40)24-23(28(37)34(29(24)38)18-20-9-7-6-8-10-20)25(26-33-15-16-41-26)35(32)27(36)21-11-13-22(14-12-21)31(3,4)5/h6-16,19,23-25H,17-18H2,1-5H3,(H,39,40)/t23?,24?,25-,32+/m1/s1. The lowest BCUT2D eigenvalue weighted by atomic mass is 9.75. The van der Waals surface area contributed by atoms with Gasteiger partial charge in [-0.1, -0.05) is 77.1 Å². The number of carbonyl (C=O) groups excluding carboxylic acids is 3. The molecule has 2 fully saturated rings. The molecule has 1 aromatic heterocycles. The molecule has 4 atom stereocenters. The average Bonchev–Trinajstić information content (AvgIpc) is 3.61. The molecule has 3 aromatic rings. The highest BCUT2D eigenvalue weighted by Gasteiger charge is 2.73. The third-order valence-electron chi connectivity index (χ3n) is 8.20. The van der Waals surface area contributed by atoms with Crippen molar-refractivity contribution in [2.24, 2.45) is 17.8 Å². The van der Waals surface area contributed by atoms with E-state index < -0.39 is 47.1 Å². The summed E-state index contributed by atoms with van der Waals surface area (Å²) in [5, 5.41) is 13.2. The number of carboxylic acid groups (broad SMARTS) is 1. The first-order valence-corrected chi connectivity index (χ1v) is 14.7. The maximum absolute atomic E-state index is 14.4. The molecule has 2 saturated heterocycles. The fourth-order valence-corrected chi connectivity index (χ4v) is 7.20. The molecule has 0 bridgehead atoms. The largest absolute Gasteiger partial charge is 0.479 e. The van der Waals surface area contributed by atoms with Gasteiger partial charge in [-0.3, -0.25) is 19.3 Å². The summed E-state index contributed by atoms with van der Waals surface area (Å²) in [7, 11) is 0. The van der Waals surface area contributed by atoms with Gasteiger partial charge in [-0.25, -0.2) is 9.78 Å². The van der Waals surface area contributed by atoms with Crippen molar-refractivity contribution in [2.45, 2.75) is 64.6 Å². The minimum atomic E-state index is -1.94. The van der Waals surface area contributed by atoms with E-state index in [-0.39, 0.29) is 24.3 Å². The monoisotopic (exact) mass is 573 g/mol. The van der Waals surface area contributed by atoms with E-state index in [1.165, 1.54) is 21.1 Å². The zero-order valence-electron chi connectivity index (χ0n) is 23.9. The van der Waals surface area contributed by atoms with Gasteiger partial charge in [0, 0.05) is 17.1 Å². The van der Waals surface area contributed by atoms with Crippen LogP contribution in [0.3, 0.4) is 0 Å². The van der Waals surface area contributed by atoms with E-state index in [1.807, 2.05) is 56.3 Å². The summed E-state index contributed by atoms with van der Waals surface area (Å²) in [6, 6.07) is 15.3. The average molecular weight is 574 g/mol. The minimum absolute atomic E-state index is 0.00931. The molecular formula is C32H35N3O5S. The summed E-state index contributed by atoms with van der Waals surface area (Å²) in [4.78, 5) is 63.1. The van der Waals surface area contributed by atoms with E-state index in [9.17, 15) is 24.3 Å². The van der Waals surface area contributed by atoms with E-state index in [0.29, 0.717) is 10.6 Å². The second-order valence-electron chi connectivity index (χ2n) is 12.4. The number of imide groups is 1. The fraction of sp³-hybridized carbons (Fsp3) is 0.406. The smallest absolute Gasteiger partial charge is 0.330 e. The number of hydrogen-bond acceptors (Lipinski definition) is 6. The van der Waals surface area contributed by atoms with Crippen molar-refractivity contribution < 1.29 is 24.3 Å². The first kappa shape index (κ1) is 28.7. The van der Waals surface area contributed by atoms with Crippen molar-refractivity contribution in [2.75, 3.05) is 0 Å². The Morgan fingerprint density at radius 1 is 1.02 bits per heavy atom. The van der Waals surface area contributed by atoms with Gasteiger partial charge in [0.05, 0.1) is 24.4 Å². The molecule has 2 unspecified atom stereocenters. The van der Waals surface area contributed by atoms with E-state index >= 15 is 0 Å². The van der Waals surface area contributed by atoms with Gasteiger partial charge in [0.15, 0.2) is 5.54 Å². The van der Waals surface area contributed by atoms with Gasteiger partial charge in [-0.2, -0.15) is 0 Å². The molecule has 8 nitrogen and oxygen atoms in total.